The van der Waals surface area contributed by atoms with Crippen LogP contribution >= 0.6 is 0 Å². The third kappa shape index (κ3) is 3.09. The lowest BCUT2D eigenvalue weighted by molar-refractivity contribution is -0.116. The van der Waals surface area contributed by atoms with E-state index in [9.17, 15) is 9.18 Å². The van der Waals surface area contributed by atoms with Crippen LogP contribution in [0.4, 0.5) is 10.1 Å². The van der Waals surface area contributed by atoms with Gasteiger partial charge in [-0.05, 0) is 30.9 Å². The largest absolute Gasteiger partial charge is 0.494 e. The number of rotatable bonds is 4. The number of anilines is 1. The summed E-state index contributed by atoms with van der Waals surface area (Å²) < 4.78 is 18.0. The summed E-state index contributed by atoms with van der Waals surface area (Å²) in [7, 11) is 1.45. The number of nitrogens with one attached hydrogen (secondary N) is 1. The summed E-state index contributed by atoms with van der Waals surface area (Å²) in [4.78, 5) is 11.8. The molecule has 0 radical (unpaired) electrons. The molecule has 0 heterocycles. The topological polar surface area (TPSA) is 38.3 Å². The number of carbonyl (C=O) groups is 1. The normalized spacial score (nSPS) is 17.8. The molecule has 1 aromatic carbocycles. The molecular formula is C14H16FNO2. The maximum Gasteiger partial charge on any atom is 0.225 e. The Balaban J connectivity index is 1.99. The zero-order valence-electron chi connectivity index (χ0n) is 10.3. The first-order valence-electron chi connectivity index (χ1n) is 5.99. The molecule has 1 aliphatic rings. The molecule has 0 fully saturated rings. The Morgan fingerprint density at radius 1 is 1.56 bits per heavy atom. The Hall–Kier alpha value is -1.84. The van der Waals surface area contributed by atoms with Crippen molar-refractivity contribution in [2.75, 3.05) is 12.4 Å². The second-order valence-corrected chi connectivity index (χ2v) is 4.36. The van der Waals surface area contributed by atoms with E-state index in [1.54, 1.807) is 0 Å². The summed E-state index contributed by atoms with van der Waals surface area (Å²) in [5, 5.41) is 2.75. The standard InChI is InChI=1S/C14H16FNO2/c1-18-13-9-11(15)6-7-12(13)16-14(17)8-10-4-2-3-5-10/h2,4,6-7,9-10H,3,5,8H2,1H3,(H,16,17). The Morgan fingerprint density at radius 2 is 2.39 bits per heavy atom. The van der Waals surface area contributed by atoms with Gasteiger partial charge in [-0.2, -0.15) is 0 Å². The van der Waals surface area contributed by atoms with Crippen LogP contribution in [0.2, 0.25) is 0 Å². The van der Waals surface area contributed by atoms with Crippen molar-refractivity contribution >= 4 is 11.6 Å². The summed E-state index contributed by atoms with van der Waals surface area (Å²) in [6.07, 6.45) is 6.68. The quantitative estimate of drug-likeness (QED) is 0.832. The van der Waals surface area contributed by atoms with Crippen molar-refractivity contribution < 1.29 is 13.9 Å². The number of amides is 1. The fourth-order valence-corrected chi connectivity index (χ4v) is 2.07. The first-order chi connectivity index (χ1) is 8.69. The first kappa shape index (κ1) is 12.6. The molecule has 1 aliphatic carbocycles. The lowest BCUT2D eigenvalue weighted by Gasteiger charge is -2.11. The maximum absolute atomic E-state index is 13.0. The molecule has 1 N–H and O–H groups in total. The number of hydrogen-bond donors (Lipinski definition) is 1. The van der Waals surface area contributed by atoms with Crippen LogP contribution in [0.1, 0.15) is 19.3 Å². The molecule has 1 unspecified atom stereocenters. The number of benzene rings is 1. The van der Waals surface area contributed by atoms with Crippen molar-refractivity contribution in [3.63, 3.8) is 0 Å². The average Bonchev–Trinajstić information content (AvgIpc) is 2.84. The molecule has 18 heavy (non-hydrogen) atoms. The molecule has 0 saturated carbocycles. The molecule has 1 amide bonds. The summed E-state index contributed by atoms with van der Waals surface area (Å²) in [6.45, 7) is 0. The van der Waals surface area contributed by atoms with Crippen LogP contribution in [-0.2, 0) is 4.79 Å². The zero-order valence-corrected chi connectivity index (χ0v) is 10.3. The van der Waals surface area contributed by atoms with Gasteiger partial charge in [0.05, 0.1) is 12.8 Å². The molecule has 0 aliphatic heterocycles. The third-order valence-electron chi connectivity index (χ3n) is 3.00. The van der Waals surface area contributed by atoms with Gasteiger partial charge in [0.15, 0.2) is 0 Å². The van der Waals surface area contributed by atoms with Crippen LogP contribution in [0.3, 0.4) is 0 Å². The molecular weight excluding hydrogens is 233 g/mol. The van der Waals surface area contributed by atoms with Crippen LogP contribution < -0.4 is 10.1 Å². The molecule has 0 spiro atoms. The highest BCUT2D eigenvalue weighted by atomic mass is 19.1. The highest BCUT2D eigenvalue weighted by Gasteiger charge is 2.15. The SMILES string of the molecule is COc1cc(F)ccc1NC(=O)CC1C=CCC1. The fraction of sp³-hybridized carbons (Fsp3) is 0.357. The van der Waals surface area contributed by atoms with E-state index in [-0.39, 0.29) is 11.7 Å². The maximum atomic E-state index is 13.0. The highest BCUT2D eigenvalue weighted by Crippen LogP contribution is 2.26. The lowest BCUT2D eigenvalue weighted by Crippen LogP contribution is -2.15. The monoisotopic (exact) mass is 249 g/mol. The Bertz CT molecular complexity index is 471. The molecule has 0 saturated heterocycles. The van der Waals surface area contributed by atoms with E-state index in [4.69, 9.17) is 4.74 Å². The van der Waals surface area contributed by atoms with E-state index in [2.05, 4.69) is 17.5 Å². The van der Waals surface area contributed by atoms with Gasteiger partial charge in [-0.15, -0.1) is 0 Å². The second kappa shape index (κ2) is 5.67. The number of carbonyl (C=O) groups excluding carboxylic acids is 1. The lowest BCUT2D eigenvalue weighted by atomic mass is 10.1. The van der Waals surface area contributed by atoms with Crippen molar-refractivity contribution in [1.82, 2.24) is 0 Å². The van der Waals surface area contributed by atoms with Crippen LogP contribution in [0.25, 0.3) is 0 Å². The predicted molar refractivity (Wildman–Crippen MR) is 68.1 cm³/mol. The third-order valence-corrected chi connectivity index (χ3v) is 3.00. The van der Waals surface area contributed by atoms with Crippen LogP contribution in [0.15, 0.2) is 30.4 Å². The van der Waals surface area contributed by atoms with E-state index >= 15 is 0 Å². The molecule has 96 valence electrons. The van der Waals surface area contributed by atoms with Gasteiger partial charge in [0, 0.05) is 12.5 Å². The molecule has 0 aromatic heterocycles. The van der Waals surface area contributed by atoms with E-state index in [1.165, 1.54) is 25.3 Å². The van der Waals surface area contributed by atoms with E-state index in [1.807, 2.05) is 0 Å². The smallest absolute Gasteiger partial charge is 0.225 e. The van der Waals surface area contributed by atoms with Gasteiger partial charge in [-0.3, -0.25) is 4.79 Å². The molecule has 3 nitrogen and oxygen atoms in total. The van der Waals surface area contributed by atoms with E-state index < -0.39 is 0 Å². The summed E-state index contributed by atoms with van der Waals surface area (Å²) >= 11 is 0. The van der Waals surface area contributed by atoms with Crippen LogP contribution in [0.5, 0.6) is 5.75 Å². The van der Waals surface area contributed by atoms with Crippen molar-refractivity contribution in [3.8, 4) is 5.75 Å². The number of hydrogen-bond acceptors (Lipinski definition) is 2. The Morgan fingerprint density at radius 3 is 3.06 bits per heavy atom. The molecule has 4 heteroatoms. The second-order valence-electron chi connectivity index (χ2n) is 4.36. The number of methoxy groups -OCH3 is 1. The number of halogens is 1. The zero-order chi connectivity index (χ0) is 13.0. The van der Waals surface area contributed by atoms with E-state index in [0.717, 1.165) is 12.8 Å². The van der Waals surface area contributed by atoms with Gasteiger partial charge in [0.25, 0.3) is 0 Å². The minimum atomic E-state index is -0.386. The predicted octanol–water partition coefficient (Wildman–Crippen LogP) is 3.13. The number of ether oxygens (including phenoxy) is 1. The van der Waals surface area contributed by atoms with Gasteiger partial charge in [0.2, 0.25) is 5.91 Å². The molecule has 1 atom stereocenters. The van der Waals surface area contributed by atoms with Gasteiger partial charge < -0.3 is 10.1 Å². The Labute approximate surface area is 106 Å². The average molecular weight is 249 g/mol. The highest BCUT2D eigenvalue weighted by molar-refractivity contribution is 5.92. The van der Waals surface area contributed by atoms with Crippen molar-refractivity contribution in [2.24, 2.45) is 5.92 Å². The van der Waals surface area contributed by atoms with Gasteiger partial charge in [0.1, 0.15) is 11.6 Å². The van der Waals surface area contributed by atoms with Gasteiger partial charge in [-0.25, -0.2) is 4.39 Å². The van der Waals surface area contributed by atoms with Gasteiger partial charge in [-0.1, -0.05) is 12.2 Å². The molecule has 0 bridgehead atoms. The minimum absolute atomic E-state index is 0.0727. The molecule has 1 aromatic rings. The minimum Gasteiger partial charge on any atom is -0.494 e. The van der Waals surface area contributed by atoms with Crippen LogP contribution in [-0.4, -0.2) is 13.0 Å². The Kier molecular flexibility index (Phi) is 3.97. The number of allylic oxidation sites excluding steroid dienone is 2. The first-order valence-corrected chi connectivity index (χ1v) is 5.99. The van der Waals surface area contributed by atoms with Crippen molar-refractivity contribution in [1.29, 1.82) is 0 Å². The molecule has 2 rings (SSSR count). The van der Waals surface area contributed by atoms with E-state index in [0.29, 0.717) is 23.8 Å². The van der Waals surface area contributed by atoms with Crippen molar-refractivity contribution in [3.05, 3.63) is 36.2 Å². The summed E-state index contributed by atoms with van der Waals surface area (Å²) in [5.41, 5.74) is 0.505. The summed E-state index contributed by atoms with van der Waals surface area (Å²) in [6, 6.07) is 4.06. The fourth-order valence-electron chi connectivity index (χ4n) is 2.07. The van der Waals surface area contributed by atoms with Crippen molar-refractivity contribution in [2.45, 2.75) is 19.3 Å². The summed E-state index contributed by atoms with van der Waals surface area (Å²) in [5.74, 6) is 0.196. The van der Waals surface area contributed by atoms with Gasteiger partial charge >= 0.3 is 0 Å². The van der Waals surface area contributed by atoms with Crippen LogP contribution in [0, 0.1) is 11.7 Å².